The summed E-state index contributed by atoms with van der Waals surface area (Å²) in [6.07, 6.45) is -2.04. The highest BCUT2D eigenvalue weighted by Gasteiger charge is 2.32. The third kappa shape index (κ3) is 6.85. The minimum Gasteiger partial charge on any atom is -0.368 e. The van der Waals surface area contributed by atoms with E-state index in [1.54, 1.807) is 0 Å². The standard InChI is InChI=1S/C36H32BN20/c38-29-46-25(47-30(39)54-29)17-1-9-21(10-2-17)37(22-11-3-18(4-12-22)26-48-31(40)55-32(41)49-26,23-13-5-19(6-14-23)27-50-33(42)56-34(43)51-27)24-15-7-20(8-16-24)28-52-35(44)57-36(45)53-28/h1-16H,(H4,38,39,46,47,54)(H4,40,41,48,49,55)(H4,42,43,50,51,56)(H4,44,45,52,53,57)/q-1. The molecule has 0 radical (unpaired) electrons. The highest BCUT2D eigenvalue weighted by Crippen LogP contribution is 2.23. The van der Waals surface area contributed by atoms with E-state index in [1.165, 1.54) is 0 Å². The fourth-order valence-electron chi connectivity index (χ4n) is 6.99. The Bertz CT molecular complexity index is 2300. The molecule has 16 N–H and O–H groups in total. The molecule has 280 valence electrons. The Hall–Kier alpha value is -8.62. The summed E-state index contributed by atoms with van der Waals surface area (Å²) in [5.41, 5.74) is 53.7. The zero-order chi connectivity index (χ0) is 39.8. The first-order chi connectivity index (χ1) is 27.4. The van der Waals surface area contributed by atoms with Crippen molar-refractivity contribution in [1.82, 2.24) is 59.8 Å². The summed E-state index contributed by atoms with van der Waals surface area (Å²) < 4.78 is 0. The number of nitrogen functional groups attached to an aromatic ring is 8. The molecule has 0 fully saturated rings. The van der Waals surface area contributed by atoms with Crippen LogP contribution >= 0.6 is 0 Å². The number of hydrogen-bond acceptors (Lipinski definition) is 20. The van der Waals surface area contributed by atoms with Crippen LogP contribution in [-0.2, 0) is 0 Å². The van der Waals surface area contributed by atoms with Crippen molar-refractivity contribution in [3.8, 4) is 45.6 Å². The fraction of sp³-hybridized carbons (Fsp3) is 0. The van der Waals surface area contributed by atoms with Crippen molar-refractivity contribution in [2.45, 2.75) is 0 Å². The predicted molar refractivity (Wildman–Crippen MR) is 221 cm³/mol. The first-order valence-electron chi connectivity index (χ1n) is 17.1. The van der Waals surface area contributed by atoms with Gasteiger partial charge in [-0.1, -0.05) is 97.1 Å². The number of aromatic nitrogens is 12. The van der Waals surface area contributed by atoms with Crippen molar-refractivity contribution in [3.63, 3.8) is 0 Å². The van der Waals surface area contributed by atoms with Gasteiger partial charge < -0.3 is 45.9 Å². The van der Waals surface area contributed by atoms with Crippen LogP contribution in [0.15, 0.2) is 97.1 Å². The van der Waals surface area contributed by atoms with Crippen LogP contribution in [0.25, 0.3) is 45.6 Å². The van der Waals surface area contributed by atoms with E-state index < -0.39 is 6.15 Å². The molecule has 0 aliphatic heterocycles. The number of benzene rings is 4. The molecule has 0 amide bonds. The van der Waals surface area contributed by atoms with Crippen molar-refractivity contribution < 1.29 is 0 Å². The van der Waals surface area contributed by atoms with Crippen LogP contribution < -0.4 is 67.7 Å². The molecule has 0 bridgehead atoms. The zero-order valence-electron chi connectivity index (χ0n) is 29.8. The van der Waals surface area contributed by atoms with E-state index >= 15 is 0 Å². The topological polar surface area (TPSA) is 363 Å². The molecule has 0 spiro atoms. The van der Waals surface area contributed by atoms with Crippen molar-refractivity contribution in [3.05, 3.63) is 97.1 Å². The van der Waals surface area contributed by atoms with Gasteiger partial charge >= 0.3 is 0 Å². The molecule has 0 saturated heterocycles. The molecular formula is C36H32BN20-. The van der Waals surface area contributed by atoms with Crippen LogP contribution in [0.4, 0.5) is 47.6 Å². The number of anilines is 8. The molecule has 0 aliphatic rings. The summed E-state index contributed by atoms with van der Waals surface area (Å²) in [6, 6.07) is 31.3. The maximum Gasteiger partial charge on any atom is 0.225 e. The number of hydrogen-bond donors (Lipinski definition) is 8. The molecule has 0 unspecified atom stereocenters. The third-order valence-corrected chi connectivity index (χ3v) is 9.36. The summed E-state index contributed by atoms with van der Waals surface area (Å²) in [4.78, 5) is 50.0. The van der Waals surface area contributed by atoms with Gasteiger partial charge in [-0.05, 0) is 0 Å². The number of nitrogens with two attached hydrogens (primary N) is 8. The molecule has 20 nitrogen and oxygen atoms in total. The highest BCUT2D eigenvalue weighted by atomic mass is 15.2. The van der Waals surface area contributed by atoms with Gasteiger partial charge in [0.05, 0.1) is 0 Å². The van der Waals surface area contributed by atoms with Crippen molar-refractivity contribution in [1.29, 1.82) is 0 Å². The Morgan fingerprint density at radius 3 is 0.544 bits per heavy atom. The van der Waals surface area contributed by atoms with Crippen LogP contribution in [-0.4, -0.2) is 66.0 Å². The van der Waals surface area contributed by atoms with Gasteiger partial charge in [-0.3, -0.25) is 0 Å². The fourth-order valence-corrected chi connectivity index (χ4v) is 6.99. The van der Waals surface area contributed by atoms with E-state index in [2.05, 4.69) is 59.8 Å². The largest absolute Gasteiger partial charge is 0.368 e. The summed E-state index contributed by atoms with van der Waals surface area (Å²) in [5, 5.41) is 0. The van der Waals surface area contributed by atoms with Crippen molar-refractivity contribution >= 4 is 75.6 Å². The number of nitrogens with zero attached hydrogens (tertiary/aromatic N) is 12. The molecule has 4 aromatic heterocycles. The lowest BCUT2D eigenvalue weighted by molar-refractivity contribution is 1.09. The van der Waals surface area contributed by atoms with E-state index in [0.29, 0.717) is 45.6 Å². The summed E-state index contributed by atoms with van der Waals surface area (Å²) in [7, 11) is 0. The average Bonchev–Trinajstić information content (AvgIpc) is 3.18. The van der Waals surface area contributed by atoms with Crippen molar-refractivity contribution in [2.24, 2.45) is 0 Å². The average molecular weight is 756 g/mol. The second-order valence-electron chi connectivity index (χ2n) is 12.9. The highest BCUT2D eigenvalue weighted by molar-refractivity contribution is 7.19. The number of rotatable bonds is 8. The van der Waals surface area contributed by atoms with Gasteiger partial charge in [0.25, 0.3) is 0 Å². The summed E-state index contributed by atoms with van der Waals surface area (Å²) in [5.74, 6) is 1.34. The van der Waals surface area contributed by atoms with Gasteiger partial charge in [0.2, 0.25) is 47.6 Å². The van der Waals surface area contributed by atoms with Gasteiger partial charge in [-0.15, -0.1) is 0 Å². The SMILES string of the molecule is Nc1nc(N)nc(-c2ccc([B-](c3ccc(-c4nc(N)nc(N)n4)cc3)(c3ccc(-c4nc(N)nc(N)n4)cc3)c3ccc(-c4nc(N)nc(N)n4)cc3)cc2)n1. The lowest BCUT2D eigenvalue weighted by atomic mass is 9.13. The first kappa shape index (κ1) is 35.4. The quantitative estimate of drug-likeness (QED) is 0.0873. The molecule has 4 heterocycles. The van der Waals surface area contributed by atoms with E-state index in [0.717, 1.165) is 21.9 Å². The molecule has 0 atom stereocenters. The van der Waals surface area contributed by atoms with Gasteiger partial charge in [-0.2, -0.15) is 81.7 Å². The smallest absolute Gasteiger partial charge is 0.225 e. The van der Waals surface area contributed by atoms with Crippen LogP contribution in [0.1, 0.15) is 0 Å². The second kappa shape index (κ2) is 14.0. The molecule has 0 aliphatic carbocycles. The normalized spacial score (nSPS) is 11.4. The molecule has 0 saturated carbocycles. The maximum absolute atomic E-state index is 5.92. The lowest BCUT2D eigenvalue weighted by Crippen LogP contribution is -2.74. The van der Waals surface area contributed by atoms with Crippen molar-refractivity contribution in [2.75, 3.05) is 45.9 Å². The third-order valence-electron chi connectivity index (χ3n) is 9.36. The lowest BCUT2D eigenvalue weighted by Gasteiger charge is -2.44. The van der Waals surface area contributed by atoms with E-state index in [9.17, 15) is 0 Å². The molecule has 8 rings (SSSR count). The first-order valence-corrected chi connectivity index (χ1v) is 17.1. The predicted octanol–water partition coefficient (Wildman–Crippen LogP) is -0.870. The van der Waals surface area contributed by atoms with Crippen LogP contribution in [0.3, 0.4) is 0 Å². The minimum absolute atomic E-state index is 0.00507. The van der Waals surface area contributed by atoms with Crippen LogP contribution in [0, 0.1) is 0 Å². The Morgan fingerprint density at radius 2 is 0.386 bits per heavy atom. The molecule has 21 heteroatoms. The Balaban J connectivity index is 1.36. The van der Waals surface area contributed by atoms with Gasteiger partial charge in [0, 0.05) is 22.3 Å². The summed E-state index contributed by atoms with van der Waals surface area (Å²) in [6.45, 7) is 0. The van der Waals surface area contributed by atoms with E-state index in [4.69, 9.17) is 45.9 Å². The van der Waals surface area contributed by atoms with Gasteiger partial charge in [-0.25, -0.2) is 0 Å². The molecule has 57 heavy (non-hydrogen) atoms. The minimum atomic E-state index is -2.04. The maximum atomic E-state index is 5.92. The second-order valence-corrected chi connectivity index (χ2v) is 12.9. The van der Waals surface area contributed by atoms with Crippen LogP contribution in [0.5, 0.6) is 0 Å². The molecular weight excluding hydrogens is 723 g/mol. The molecule has 8 aromatic rings. The molecule has 4 aromatic carbocycles. The Labute approximate surface area is 323 Å². The van der Waals surface area contributed by atoms with Gasteiger partial charge in [0.15, 0.2) is 23.3 Å². The van der Waals surface area contributed by atoms with Crippen LogP contribution in [0.2, 0.25) is 0 Å². The summed E-state index contributed by atoms with van der Waals surface area (Å²) >= 11 is 0. The zero-order valence-corrected chi connectivity index (χ0v) is 29.8. The Morgan fingerprint density at radius 1 is 0.228 bits per heavy atom. The van der Waals surface area contributed by atoms with Gasteiger partial charge in [0.1, 0.15) is 6.15 Å². The Kier molecular flexibility index (Phi) is 8.69. The van der Waals surface area contributed by atoms with E-state index in [1.807, 2.05) is 97.1 Å². The van der Waals surface area contributed by atoms with E-state index in [-0.39, 0.29) is 47.6 Å². The monoisotopic (exact) mass is 755 g/mol.